The molecule has 102 valence electrons. The Morgan fingerprint density at radius 2 is 1.74 bits per heavy atom. The lowest BCUT2D eigenvalue weighted by Crippen LogP contribution is -2.14. The highest BCUT2D eigenvalue weighted by Gasteiger charge is 2.19. The molecule has 0 amide bonds. The summed E-state index contributed by atoms with van der Waals surface area (Å²) < 4.78 is 27.8. The zero-order valence-corrected chi connectivity index (χ0v) is 13.8. The summed E-state index contributed by atoms with van der Waals surface area (Å²) in [6.45, 7) is 5.42. The van der Waals surface area contributed by atoms with Crippen molar-refractivity contribution in [1.29, 1.82) is 0 Å². The fraction of sp³-hybridized carbons (Fsp3) is 0.273. The van der Waals surface area contributed by atoms with Gasteiger partial charge >= 0.3 is 0 Å². The average Bonchev–Trinajstić information content (AvgIpc) is 2.57. The van der Waals surface area contributed by atoms with Crippen LogP contribution in [0.2, 0.25) is 0 Å². The van der Waals surface area contributed by atoms with Crippen molar-refractivity contribution in [2.75, 3.05) is 4.72 Å². The first kappa shape index (κ1) is 14.4. The first-order valence-corrected chi connectivity index (χ1v) is 8.48. The maximum atomic E-state index is 12.2. The molecule has 8 heteroatoms. The number of rotatable bonds is 3. The number of nitrogens with one attached hydrogen (secondary N) is 1. The van der Waals surface area contributed by atoms with E-state index in [4.69, 9.17) is 0 Å². The lowest BCUT2D eigenvalue weighted by atomic mass is 10.4. The molecule has 1 N–H and O–H groups in total. The van der Waals surface area contributed by atoms with Crippen molar-refractivity contribution in [2.24, 2.45) is 0 Å². The summed E-state index contributed by atoms with van der Waals surface area (Å²) in [6, 6.07) is 3.39. The largest absolute Gasteiger partial charge is 0.273 e. The molecule has 0 aromatic carbocycles. The molecule has 0 saturated carbocycles. The van der Waals surface area contributed by atoms with Crippen molar-refractivity contribution in [3.8, 4) is 0 Å². The molecule has 0 atom stereocenters. The summed E-state index contributed by atoms with van der Waals surface area (Å²) in [5, 5.41) is 0. The Hall–Kier alpha value is -0.990. The fourth-order valence-electron chi connectivity index (χ4n) is 1.51. The summed E-state index contributed by atoms with van der Waals surface area (Å²) in [4.78, 5) is 8.13. The zero-order valence-electron chi connectivity index (χ0n) is 10.6. The second-order valence-electron chi connectivity index (χ2n) is 4.10. The molecule has 0 radical (unpaired) electrons. The number of nitrogens with zero attached hydrogens (tertiary/aromatic N) is 2. The van der Waals surface area contributed by atoms with Gasteiger partial charge in [-0.05, 0) is 54.4 Å². The minimum Gasteiger partial charge on any atom is -0.246 e. The van der Waals surface area contributed by atoms with E-state index in [1.165, 1.54) is 0 Å². The molecule has 0 aliphatic carbocycles. The number of halogens is 1. The normalized spacial score (nSPS) is 11.6. The molecule has 0 fully saturated rings. The van der Waals surface area contributed by atoms with Gasteiger partial charge in [-0.15, -0.1) is 11.3 Å². The number of hydrogen-bond acceptors (Lipinski definition) is 5. The van der Waals surface area contributed by atoms with Crippen LogP contribution >= 0.6 is 27.3 Å². The van der Waals surface area contributed by atoms with Crippen LogP contribution in [-0.2, 0) is 10.0 Å². The van der Waals surface area contributed by atoms with Gasteiger partial charge in [-0.2, -0.15) is 0 Å². The Morgan fingerprint density at radius 3 is 2.21 bits per heavy atom. The maximum Gasteiger partial charge on any atom is 0.273 e. The second-order valence-corrected chi connectivity index (χ2v) is 8.38. The lowest BCUT2D eigenvalue weighted by Gasteiger charge is -2.06. The molecule has 2 aromatic rings. The smallest absolute Gasteiger partial charge is 0.246 e. The van der Waals surface area contributed by atoms with E-state index in [-0.39, 0.29) is 10.2 Å². The van der Waals surface area contributed by atoms with Gasteiger partial charge in [0.15, 0.2) is 0 Å². The van der Waals surface area contributed by atoms with Crippen LogP contribution < -0.4 is 4.72 Å². The molecular weight excluding hydrogens is 350 g/mol. The van der Waals surface area contributed by atoms with E-state index in [1.54, 1.807) is 26.0 Å². The zero-order chi connectivity index (χ0) is 14.2. The standard InChI is InChI=1S/C11H12BrN3O2S2/c1-6-4-9(18-10(6)12)19(16,17)15-11-13-7(2)5-8(3)14-11/h4-5H,1-3H3,(H,13,14,15). The van der Waals surface area contributed by atoms with Crippen LogP contribution in [0.3, 0.4) is 0 Å². The van der Waals surface area contributed by atoms with E-state index < -0.39 is 10.0 Å². The van der Waals surface area contributed by atoms with Crippen molar-refractivity contribution >= 4 is 43.2 Å². The van der Waals surface area contributed by atoms with E-state index >= 15 is 0 Å². The van der Waals surface area contributed by atoms with Gasteiger partial charge in [0.2, 0.25) is 5.95 Å². The van der Waals surface area contributed by atoms with Gasteiger partial charge in [-0.1, -0.05) is 0 Å². The van der Waals surface area contributed by atoms with E-state index in [9.17, 15) is 8.42 Å². The Kier molecular flexibility index (Phi) is 3.93. The highest BCUT2D eigenvalue weighted by molar-refractivity contribution is 9.11. The number of thiophene rings is 1. The van der Waals surface area contributed by atoms with Gasteiger partial charge in [-0.25, -0.2) is 23.1 Å². The SMILES string of the molecule is Cc1cc(C)nc(NS(=O)(=O)c2cc(C)c(Br)s2)n1. The van der Waals surface area contributed by atoms with Crippen LogP contribution in [0, 0.1) is 20.8 Å². The first-order chi connectivity index (χ1) is 8.78. The Bertz CT molecular complexity index is 686. The number of aromatic nitrogens is 2. The van der Waals surface area contributed by atoms with Crippen molar-refractivity contribution in [1.82, 2.24) is 9.97 Å². The number of hydrogen-bond donors (Lipinski definition) is 1. The van der Waals surface area contributed by atoms with Crippen LogP contribution in [0.25, 0.3) is 0 Å². The second kappa shape index (κ2) is 5.18. The molecule has 0 bridgehead atoms. The van der Waals surface area contributed by atoms with Crippen LogP contribution in [0.4, 0.5) is 5.95 Å². The van der Waals surface area contributed by atoms with E-state index in [0.717, 1.165) is 20.7 Å². The molecule has 2 heterocycles. The van der Waals surface area contributed by atoms with Crippen LogP contribution in [0.15, 0.2) is 20.1 Å². The number of sulfonamides is 1. The van der Waals surface area contributed by atoms with Crippen LogP contribution in [-0.4, -0.2) is 18.4 Å². The van der Waals surface area contributed by atoms with Gasteiger partial charge in [0.05, 0.1) is 3.79 Å². The summed E-state index contributed by atoms with van der Waals surface area (Å²) in [5.41, 5.74) is 2.31. The Labute approximate surface area is 124 Å². The van der Waals surface area contributed by atoms with E-state index in [1.807, 2.05) is 6.92 Å². The van der Waals surface area contributed by atoms with Crippen molar-refractivity contribution in [3.05, 3.63) is 32.9 Å². The molecule has 0 spiro atoms. The van der Waals surface area contributed by atoms with Crippen molar-refractivity contribution < 1.29 is 8.42 Å². The molecule has 2 rings (SSSR count). The summed E-state index contributed by atoms with van der Waals surface area (Å²) >= 11 is 4.47. The first-order valence-electron chi connectivity index (χ1n) is 5.39. The van der Waals surface area contributed by atoms with Gasteiger partial charge < -0.3 is 0 Å². The molecule has 0 saturated heterocycles. The third-order valence-electron chi connectivity index (χ3n) is 2.31. The lowest BCUT2D eigenvalue weighted by molar-refractivity contribution is 0.602. The topological polar surface area (TPSA) is 72.0 Å². The van der Waals surface area contributed by atoms with Gasteiger partial charge in [0.25, 0.3) is 10.0 Å². The van der Waals surface area contributed by atoms with Gasteiger partial charge in [-0.3, -0.25) is 0 Å². The molecular formula is C11H12BrN3O2S2. The van der Waals surface area contributed by atoms with Crippen LogP contribution in [0.5, 0.6) is 0 Å². The average molecular weight is 362 g/mol. The number of aryl methyl sites for hydroxylation is 3. The quantitative estimate of drug-likeness (QED) is 0.911. The molecule has 2 aromatic heterocycles. The molecule has 0 aliphatic heterocycles. The molecule has 0 aliphatic rings. The highest BCUT2D eigenvalue weighted by atomic mass is 79.9. The molecule has 0 unspecified atom stereocenters. The highest BCUT2D eigenvalue weighted by Crippen LogP contribution is 2.31. The molecule has 5 nitrogen and oxygen atoms in total. The van der Waals surface area contributed by atoms with E-state index in [2.05, 4.69) is 30.6 Å². The minimum absolute atomic E-state index is 0.0969. The van der Waals surface area contributed by atoms with Crippen LogP contribution in [0.1, 0.15) is 17.0 Å². The summed E-state index contributed by atoms with van der Waals surface area (Å²) in [7, 11) is -3.63. The van der Waals surface area contributed by atoms with Gasteiger partial charge in [0.1, 0.15) is 4.21 Å². The van der Waals surface area contributed by atoms with E-state index in [0.29, 0.717) is 11.4 Å². The predicted molar refractivity (Wildman–Crippen MR) is 79.1 cm³/mol. The van der Waals surface area contributed by atoms with Gasteiger partial charge in [0, 0.05) is 11.4 Å². The minimum atomic E-state index is -3.63. The summed E-state index contributed by atoms with van der Waals surface area (Å²) in [5.74, 6) is 0.0969. The predicted octanol–water partition coefficient (Wildman–Crippen LogP) is 3.03. The third-order valence-corrected chi connectivity index (χ3v) is 6.25. The monoisotopic (exact) mass is 361 g/mol. The third kappa shape index (κ3) is 3.31. The Balaban J connectivity index is 2.36. The molecule has 19 heavy (non-hydrogen) atoms. The summed E-state index contributed by atoms with van der Waals surface area (Å²) in [6.07, 6.45) is 0. The number of anilines is 1. The fourth-order valence-corrected chi connectivity index (χ4v) is 4.68. The van der Waals surface area contributed by atoms with Crippen molar-refractivity contribution in [2.45, 2.75) is 25.0 Å². The Morgan fingerprint density at radius 1 is 1.16 bits per heavy atom. The van der Waals surface area contributed by atoms with Crippen molar-refractivity contribution in [3.63, 3.8) is 0 Å². The maximum absolute atomic E-state index is 12.2.